The maximum atomic E-state index is 12.1. The molecule has 2 N–H and O–H groups in total. The lowest BCUT2D eigenvalue weighted by molar-refractivity contribution is -0.115. The van der Waals surface area contributed by atoms with E-state index in [1.54, 1.807) is 31.4 Å². The third kappa shape index (κ3) is 3.51. The number of amides is 1. The molecule has 3 aromatic rings. The number of nitrogens with one attached hydrogen (secondary N) is 2. The van der Waals surface area contributed by atoms with E-state index in [-0.39, 0.29) is 18.3 Å². The maximum Gasteiger partial charge on any atom is 0.249 e. The minimum atomic E-state index is -0.269. The van der Waals surface area contributed by atoms with Gasteiger partial charge in [0.2, 0.25) is 11.9 Å². The summed E-state index contributed by atoms with van der Waals surface area (Å²) in [6.45, 7) is 0. The molecule has 7 nitrogen and oxygen atoms in total. The molecule has 0 aliphatic heterocycles. The molecule has 1 amide bonds. The number of rotatable bonds is 5. The summed E-state index contributed by atoms with van der Waals surface area (Å²) in [5, 5.41) is 9.75. The highest BCUT2D eigenvalue weighted by Gasteiger charge is 2.12. The zero-order chi connectivity index (χ0) is 16.2. The first-order valence-electron chi connectivity index (χ1n) is 6.73. The number of benzene rings is 1. The van der Waals surface area contributed by atoms with Gasteiger partial charge in [0.05, 0.1) is 25.4 Å². The Kier molecular flexibility index (Phi) is 4.29. The number of carbonyl (C=O) groups is 1. The van der Waals surface area contributed by atoms with E-state index in [4.69, 9.17) is 20.8 Å². The molecule has 0 aliphatic carbocycles. The van der Waals surface area contributed by atoms with Crippen molar-refractivity contribution in [1.82, 2.24) is 15.2 Å². The number of furan rings is 1. The fourth-order valence-electron chi connectivity index (χ4n) is 1.99. The summed E-state index contributed by atoms with van der Waals surface area (Å²) >= 11 is 6.12. The highest BCUT2D eigenvalue weighted by atomic mass is 35.5. The standard InChI is InChI=1S/C15H13ClN4O3/c1-22-11-3-2-9(12(16)7-11)6-13(21)17-15-18-14(19-20-15)10-4-5-23-8-10/h2-5,7-8H,6H2,1H3,(H2,17,18,19,20,21). The molecule has 0 saturated carbocycles. The Morgan fingerprint density at radius 3 is 3.00 bits per heavy atom. The number of nitrogens with zero attached hydrogens (tertiary/aromatic N) is 2. The van der Waals surface area contributed by atoms with Gasteiger partial charge in [-0.05, 0) is 23.8 Å². The Morgan fingerprint density at radius 1 is 1.43 bits per heavy atom. The molecule has 2 heterocycles. The summed E-state index contributed by atoms with van der Waals surface area (Å²) < 4.78 is 10.0. The molecule has 3 rings (SSSR count). The third-order valence-corrected chi connectivity index (χ3v) is 3.49. The number of aromatic amines is 1. The van der Waals surface area contributed by atoms with E-state index in [9.17, 15) is 4.79 Å². The molecule has 23 heavy (non-hydrogen) atoms. The summed E-state index contributed by atoms with van der Waals surface area (Å²) in [6.07, 6.45) is 3.17. The van der Waals surface area contributed by atoms with Gasteiger partial charge < -0.3 is 9.15 Å². The first-order chi connectivity index (χ1) is 11.2. The normalized spacial score (nSPS) is 10.5. The molecule has 8 heteroatoms. The summed E-state index contributed by atoms with van der Waals surface area (Å²) in [5.41, 5.74) is 1.44. The number of aromatic nitrogens is 3. The van der Waals surface area contributed by atoms with Crippen molar-refractivity contribution in [3.8, 4) is 17.1 Å². The van der Waals surface area contributed by atoms with Crippen LogP contribution in [0.2, 0.25) is 5.02 Å². The van der Waals surface area contributed by atoms with E-state index in [0.717, 1.165) is 5.56 Å². The van der Waals surface area contributed by atoms with Crippen molar-refractivity contribution in [1.29, 1.82) is 0 Å². The van der Waals surface area contributed by atoms with Gasteiger partial charge >= 0.3 is 0 Å². The van der Waals surface area contributed by atoms with Gasteiger partial charge in [-0.2, -0.15) is 4.98 Å². The lowest BCUT2D eigenvalue weighted by Crippen LogP contribution is -2.15. The molecule has 0 radical (unpaired) electrons. The maximum absolute atomic E-state index is 12.1. The second kappa shape index (κ2) is 6.53. The molecule has 0 aliphatic rings. The fraction of sp³-hybridized carbons (Fsp3) is 0.133. The number of ether oxygens (including phenoxy) is 1. The zero-order valence-corrected chi connectivity index (χ0v) is 12.9. The van der Waals surface area contributed by atoms with Gasteiger partial charge in [-0.3, -0.25) is 15.2 Å². The zero-order valence-electron chi connectivity index (χ0n) is 12.2. The highest BCUT2D eigenvalue weighted by Crippen LogP contribution is 2.23. The van der Waals surface area contributed by atoms with Gasteiger partial charge in [-0.15, -0.1) is 5.10 Å². The van der Waals surface area contributed by atoms with Crippen LogP contribution in [-0.2, 0) is 11.2 Å². The molecule has 0 spiro atoms. The van der Waals surface area contributed by atoms with Crippen LogP contribution in [0.15, 0.2) is 41.2 Å². The van der Waals surface area contributed by atoms with Crippen LogP contribution < -0.4 is 10.1 Å². The lowest BCUT2D eigenvalue weighted by Gasteiger charge is -2.06. The molecular weight excluding hydrogens is 320 g/mol. The van der Waals surface area contributed by atoms with Crippen molar-refractivity contribution in [3.63, 3.8) is 0 Å². The molecule has 118 valence electrons. The lowest BCUT2D eigenvalue weighted by atomic mass is 10.1. The van der Waals surface area contributed by atoms with Crippen LogP contribution in [-0.4, -0.2) is 28.2 Å². The quantitative estimate of drug-likeness (QED) is 0.749. The molecule has 1 aromatic carbocycles. The van der Waals surface area contributed by atoms with Crippen molar-refractivity contribution in [2.75, 3.05) is 12.4 Å². The van der Waals surface area contributed by atoms with E-state index < -0.39 is 0 Å². The number of methoxy groups -OCH3 is 1. The third-order valence-electron chi connectivity index (χ3n) is 3.14. The summed E-state index contributed by atoms with van der Waals surface area (Å²) in [7, 11) is 1.55. The van der Waals surface area contributed by atoms with Gasteiger partial charge in [-0.1, -0.05) is 17.7 Å². The van der Waals surface area contributed by atoms with E-state index in [1.807, 2.05) is 0 Å². The summed E-state index contributed by atoms with van der Waals surface area (Å²) in [5.74, 6) is 1.07. The van der Waals surface area contributed by atoms with Crippen LogP contribution in [0.3, 0.4) is 0 Å². The largest absolute Gasteiger partial charge is 0.497 e. The van der Waals surface area contributed by atoms with Crippen molar-refractivity contribution >= 4 is 23.5 Å². The Hall–Kier alpha value is -2.80. The first-order valence-corrected chi connectivity index (χ1v) is 7.11. The van der Waals surface area contributed by atoms with Gasteiger partial charge in [0.25, 0.3) is 0 Å². The number of H-pyrrole nitrogens is 1. The number of halogens is 1. The van der Waals surface area contributed by atoms with Crippen molar-refractivity contribution < 1.29 is 13.9 Å². The SMILES string of the molecule is COc1ccc(CC(=O)Nc2n[nH]c(-c3ccoc3)n2)c(Cl)c1. The Balaban J connectivity index is 1.66. The Bertz CT molecular complexity index is 814. The molecule has 0 fully saturated rings. The van der Waals surface area contributed by atoms with Crippen LogP contribution in [0.5, 0.6) is 5.75 Å². The molecule has 0 bridgehead atoms. The number of anilines is 1. The minimum Gasteiger partial charge on any atom is -0.497 e. The van der Waals surface area contributed by atoms with Crippen LogP contribution in [0.4, 0.5) is 5.95 Å². The smallest absolute Gasteiger partial charge is 0.249 e. The topological polar surface area (TPSA) is 93.0 Å². The number of hydrogen-bond donors (Lipinski definition) is 2. The molecule has 2 aromatic heterocycles. The predicted octanol–water partition coefficient (Wildman–Crippen LogP) is 2.91. The van der Waals surface area contributed by atoms with Crippen LogP contribution >= 0.6 is 11.6 Å². The fourth-order valence-corrected chi connectivity index (χ4v) is 2.22. The van der Waals surface area contributed by atoms with Gasteiger partial charge in [0, 0.05) is 5.02 Å². The summed E-state index contributed by atoms with van der Waals surface area (Å²) in [6, 6.07) is 6.89. The van der Waals surface area contributed by atoms with Crippen molar-refractivity contribution in [3.05, 3.63) is 47.4 Å². The first kappa shape index (κ1) is 15.1. The van der Waals surface area contributed by atoms with Gasteiger partial charge in [-0.25, -0.2) is 0 Å². The summed E-state index contributed by atoms with van der Waals surface area (Å²) in [4.78, 5) is 16.2. The van der Waals surface area contributed by atoms with E-state index >= 15 is 0 Å². The Labute approximate surface area is 136 Å². The van der Waals surface area contributed by atoms with Crippen LogP contribution in [0.1, 0.15) is 5.56 Å². The molecule has 0 atom stereocenters. The highest BCUT2D eigenvalue weighted by molar-refractivity contribution is 6.31. The van der Waals surface area contributed by atoms with Crippen LogP contribution in [0, 0.1) is 0 Å². The second-order valence-corrected chi connectivity index (χ2v) is 5.11. The molecule has 0 saturated heterocycles. The second-order valence-electron chi connectivity index (χ2n) is 4.70. The minimum absolute atomic E-state index is 0.110. The average molecular weight is 333 g/mol. The molecular formula is C15H13ClN4O3. The molecule has 0 unspecified atom stereocenters. The van der Waals surface area contributed by atoms with Crippen LogP contribution in [0.25, 0.3) is 11.4 Å². The number of hydrogen-bond acceptors (Lipinski definition) is 5. The van der Waals surface area contributed by atoms with E-state index in [0.29, 0.717) is 22.2 Å². The van der Waals surface area contributed by atoms with Crippen molar-refractivity contribution in [2.24, 2.45) is 0 Å². The van der Waals surface area contributed by atoms with Gasteiger partial charge in [0.15, 0.2) is 5.82 Å². The van der Waals surface area contributed by atoms with E-state index in [1.165, 1.54) is 12.5 Å². The predicted molar refractivity (Wildman–Crippen MR) is 84.4 cm³/mol. The number of carbonyl (C=O) groups excluding carboxylic acids is 1. The average Bonchev–Trinajstić information content (AvgIpc) is 3.20. The van der Waals surface area contributed by atoms with Crippen molar-refractivity contribution in [2.45, 2.75) is 6.42 Å². The Morgan fingerprint density at radius 2 is 2.30 bits per heavy atom. The van der Waals surface area contributed by atoms with Gasteiger partial charge in [0.1, 0.15) is 12.0 Å². The monoisotopic (exact) mass is 332 g/mol. The van der Waals surface area contributed by atoms with E-state index in [2.05, 4.69) is 20.5 Å².